The topological polar surface area (TPSA) is 50.7 Å². The minimum atomic E-state index is -0.357. The number of nitrogens with one attached hydrogen (secondary N) is 1. The number of hydrogen-bond donors (Lipinski definition) is 1. The molecule has 0 bridgehead atoms. The molecule has 3 atom stereocenters. The van der Waals surface area contributed by atoms with Crippen LogP contribution in [0, 0.1) is 5.92 Å². The maximum atomic E-state index is 10.9. The molecular weight excluding hydrogens is 228 g/mol. The third kappa shape index (κ3) is 3.10. The molecule has 0 amide bonds. The van der Waals surface area contributed by atoms with Gasteiger partial charge in [0.15, 0.2) is 0 Å². The van der Waals surface area contributed by atoms with Crippen LogP contribution >= 0.6 is 0 Å². The van der Waals surface area contributed by atoms with Crippen molar-refractivity contribution in [3.05, 3.63) is 0 Å². The quantitative estimate of drug-likeness (QED) is 0.622. The van der Waals surface area contributed by atoms with E-state index < -0.39 is 0 Å². The second-order valence-electron chi connectivity index (χ2n) is 5.87. The van der Waals surface area contributed by atoms with Crippen LogP contribution in [-0.2, 0) is 9.63 Å². The molecule has 1 saturated heterocycles. The lowest BCUT2D eigenvalue weighted by atomic mass is 9.70. The van der Waals surface area contributed by atoms with Crippen molar-refractivity contribution in [3.63, 3.8) is 0 Å². The number of carbonyl (C=O) groups is 1. The minimum absolute atomic E-state index is 0.00198. The van der Waals surface area contributed by atoms with Gasteiger partial charge in [-0.05, 0) is 26.7 Å². The molecule has 0 radical (unpaired) electrons. The van der Waals surface area contributed by atoms with Gasteiger partial charge in [0.2, 0.25) is 0 Å². The maximum Gasteiger partial charge on any atom is 0.331 e. The summed E-state index contributed by atoms with van der Waals surface area (Å²) in [6.07, 6.45) is 2.87. The lowest BCUT2D eigenvalue weighted by Crippen LogP contribution is -2.64. The number of rotatable bonds is 3. The average Bonchev–Trinajstić information content (AvgIpc) is 2.32. The normalized spacial score (nSPS) is 38.8. The van der Waals surface area contributed by atoms with E-state index in [4.69, 9.17) is 4.84 Å². The minimum Gasteiger partial charge on any atom is -0.319 e. The highest BCUT2D eigenvalue weighted by molar-refractivity contribution is 5.89. The first-order valence-corrected chi connectivity index (χ1v) is 6.80. The molecule has 104 valence electrons. The molecule has 0 aliphatic carbocycles. The summed E-state index contributed by atoms with van der Waals surface area (Å²) in [7, 11) is 0. The molecule has 3 unspecified atom stereocenters. The molecule has 0 spiro atoms. The molecular formula is C14H26N2O2. The lowest BCUT2D eigenvalue weighted by Gasteiger charge is -2.50. The summed E-state index contributed by atoms with van der Waals surface area (Å²) < 4.78 is 0. The molecule has 4 heteroatoms. The van der Waals surface area contributed by atoms with Crippen molar-refractivity contribution in [2.45, 2.75) is 71.9 Å². The smallest absolute Gasteiger partial charge is 0.319 e. The Hall–Kier alpha value is -0.900. The van der Waals surface area contributed by atoms with Gasteiger partial charge < -0.3 is 10.2 Å². The molecule has 0 aromatic carbocycles. The van der Waals surface area contributed by atoms with Crippen LogP contribution in [0.3, 0.4) is 0 Å². The van der Waals surface area contributed by atoms with Crippen molar-refractivity contribution in [1.82, 2.24) is 5.32 Å². The van der Waals surface area contributed by atoms with Gasteiger partial charge in [-0.2, -0.15) is 0 Å². The molecule has 1 aliphatic heterocycles. The Morgan fingerprint density at radius 2 is 2.06 bits per heavy atom. The number of oxime groups is 1. The van der Waals surface area contributed by atoms with E-state index in [2.05, 4.69) is 45.1 Å². The van der Waals surface area contributed by atoms with E-state index in [-0.39, 0.29) is 23.0 Å². The molecule has 1 fully saturated rings. The summed E-state index contributed by atoms with van der Waals surface area (Å²) in [6.45, 7) is 12.3. The second kappa shape index (κ2) is 5.39. The van der Waals surface area contributed by atoms with Crippen LogP contribution in [0.4, 0.5) is 0 Å². The molecule has 1 N–H and O–H groups in total. The van der Waals surface area contributed by atoms with E-state index in [9.17, 15) is 4.79 Å². The first-order chi connectivity index (χ1) is 8.26. The van der Waals surface area contributed by atoms with Crippen molar-refractivity contribution in [1.29, 1.82) is 0 Å². The zero-order chi connectivity index (χ0) is 14.0. The van der Waals surface area contributed by atoms with E-state index in [1.54, 1.807) is 0 Å². The van der Waals surface area contributed by atoms with Crippen LogP contribution in [0.25, 0.3) is 0 Å². The fourth-order valence-electron chi connectivity index (χ4n) is 2.60. The van der Waals surface area contributed by atoms with Crippen molar-refractivity contribution in [2.24, 2.45) is 11.1 Å². The summed E-state index contributed by atoms with van der Waals surface area (Å²) in [5, 5.41) is 7.83. The highest BCUT2D eigenvalue weighted by Gasteiger charge is 2.44. The molecule has 1 heterocycles. The number of piperidine rings is 1. The van der Waals surface area contributed by atoms with E-state index in [1.807, 2.05) is 0 Å². The first kappa shape index (κ1) is 15.2. The SMILES string of the molecule is CCC1(C)CC(=NOC(C)=O)C(C)C(C)(CC)N1. The molecule has 0 aromatic heterocycles. The first-order valence-electron chi connectivity index (χ1n) is 6.80. The molecule has 1 aliphatic rings. The summed E-state index contributed by atoms with van der Waals surface area (Å²) in [5.41, 5.74) is 1.01. The molecule has 1 rings (SSSR count). The fourth-order valence-corrected chi connectivity index (χ4v) is 2.60. The Labute approximate surface area is 110 Å². The van der Waals surface area contributed by atoms with Crippen molar-refractivity contribution < 1.29 is 9.63 Å². The lowest BCUT2D eigenvalue weighted by molar-refractivity contribution is -0.141. The summed E-state index contributed by atoms with van der Waals surface area (Å²) >= 11 is 0. The zero-order valence-electron chi connectivity index (χ0n) is 12.5. The van der Waals surface area contributed by atoms with Crippen molar-refractivity contribution in [2.75, 3.05) is 0 Å². The third-order valence-electron chi connectivity index (χ3n) is 4.42. The van der Waals surface area contributed by atoms with Gasteiger partial charge in [-0.1, -0.05) is 25.9 Å². The van der Waals surface area contributed by atoms with Gasteiger partial charge in [0.25, 0.3) is 0 Å². The highest BCUT2D eigenvalue weighted by Crippen LogP contribution is 2.35. The number of carbonyl (C=O) groups excluding carboxylic acids is 1. The number of hydrogen-bond acceptors (Lipinski definition) is 4. The monoisotopic (exact) mass is 254 g/mol. The van der Waals surface area contributed by atoms with E-state index in [1.165, 1.54) is 6.92 Å². The number of nitrogens with zero attached hydrogens (tertiary/aromatic N) is 1. The van der Waals surface area contributed by atoms with Gasteiger partial charge in [-0.3, -0.25) is 0 Å². The third-order valence-corrected chi connectivity index (χ3v) is 4.42. The van der Waals surface area contributed by atoms with Gasteiger partial charge >= 0.3 is 5.97 Å². The average molecular weight is 254 g/mol. The maximum absolute atomic E-state index is 10.9. The van der Waals surface area contributed by atoms with Gasteiger partial charge in [0, 0.05) is 30.3 Å². The van der Waals surface area contributed by atoms with E-state index in [0.29, 0.717) is 0 Å². The zero-order valence-corrected chi connectivity index (χ0v) is 12.5. The largest absolute Gasteiger partial charge is 0.331 e. The van der Waals surface area contributed by atoms with Gasteiger partial charge in [0.1, 0.15) is 0 Å². The van der Waals surface area contributed by atoms with Crippen LogP contribution < -0.4 is 5.32 Å². The van der Waals surface area contributed by atoms with Crippen molar-refractivity contribution >= 4 is 11.7 Å². The Bertz CT molecular complexity index is 354. The van der Waals surface area contributed by atoms with Crippen molar-refractivity contribution in [3.8, 4) is 0 Å². The van der Waals surface area contributed by atoms with E-state index in [0.717, 1.165) is 25.0 Å². The predicted octanol–water partition coefficient (Wildman–Crippen LogP) is 2.87. The Balaban J connectivity index is 3.02. The van der Waals surface area contributed by atoms with Gasteiger partial charge in [0.05, 0.1) is 5.71 Å². The fraction of sp³-hybridized carbons (Fsp3) is 0.857. The van der Waals surface area contributed by atoms with Crippen LogP contribution in [-0.4, -0.2) is 22.8 Å². The van der Waals surface area contributed by atoms with Crippen LogP contribution in [0.1, 0.15) is 60.8 Å². The molecule has 18 heavy (non-hydrogen) atoms. The predicted molar refractivity (Wildman–Crippen MR) is 73.5 cm³/mol. The van der Waals surface area contributed by atoms with E-state index >= 15 is 0 Å². The molecule has 4 nitrogen and oxygen atoms in total. The summed E-state index contributed by atoms with van der Waals surface area (Å²) in [5.74, 6) is -0.0916. The summed E-state index contributed by atoms with van der Waals surface area (Å²) in [6, 6.07) is 0. The second-order valence-corrected chi connectivity index (χ2v) is 5.87. The standard InChI is InChI=1S/C14H26N2O2/c1-7-13(5)9-12(15-18-11(4)17)10(3)14(6,8-2)16-13/h10,16H,7-9H2,1-6H3. The van der Waals surface area contributed by atoms with Gasteiger partial charge in [-0.25, -0.2) is 4.79 Å². The molecule has 0 aromatic rings. The molecule has 0 saturated carbocycles. The summed E-state index contributed by atoms with van der Waals surface area (Å²) in [4.78, 5) is 15.8. The van der Waals surface area contributed by atoms with Gasteiger partial charge in [-0.15, -0.1) is 0 Å². The highest BCUT2D eigenvalue weighted by atomic mass is 16.7. The van der Waals surface area contributed by atoms with Crippen LogP contribution in [0.5, 0.6) is 0 Å². The Kier molecular flexibility index (Phi) is 4.54. The Morgan fingerprint density at radius 3 is 2.50 bits per heavy atom. The van der Waals surface area contributed by atoms with Crippen LogP contribution in [0.2, 0.25) is 0 Å². The Morgan fingerprint density at radius 1 is 1.44 bits per heavy atom. The van der Waals surface area contributed by atoms with Crippen LogP contribution in [0.15, 0.2) is 5.16 Å².